The van der Waals surface area contributed by atoms with Crippen molar-refractivity contribution < 1.29 is 23.1 Å². The summed E-state index contributed by atoms with van der Waals surface area (Å²) in [4.78, 5) is 22.4. The van der Waals surface area contributed by atoms with E-state index >= 15 is 0 Å². The fourth-order valence-corrected chi connectivity index (χ4v) is 2.44. The van der Waals surface area contributed by atoms with Crippen molar-refractivity contribution in [1.82, 2.24) is 5.32 Å². The molecule has 21 heavy (non-hydrogen) atoms. The van der Waals surface area contributed by atoms with Gasteiger partial charge in [0.05, 0.1) is 4.90 Å². The molecule has 0 heterocycles. The molecule has 2 N–H and O–H groups in total. The number of aliphatic carboxylic acids is 1. The van der Waals surface area contributed by atoms with Crippen molar-refractivity contribution in [1.29, 1.82) is 0 Å². The number of rotatable bonds is 7. The molecule has 1 unspecified atom stereocenters. The summed E-state index contributed by atoms with van der Waals surface area (Å²) < 4.78 is 22.6. The number of carboxylic acid groups (broad SMARTS) is 1. The Hall–Kier alpha value is -1.89. The first-order valence-corrected chi connectivity index (χ1v) is 8.35. The SMILES string of the molecule is CC(CC(=O)O)CC(=O)NCc1ccc(S(C)(=O)=O)cc1. The van der Waals surface area contributed by atoms with Crippen LogP contribution in [-0.4, -0.2) is 31.7 Å². The molecule has 0 aliphatic carbocycles. The van der Waals surface area contributed by atoms with Crippen LogP contribution in [0, 0.1) is 5.92 Å². The predicted molar refractivity (Wildman–Crippen MR) is 77.4 cm³/mol. The topological polar surface area (TPSA) is 101 Å². The number of hydrogen-bond acceptors (Lipinski definition) is 4. The Labute approximate surface area is 124 Å². The van der Waals surface area contributed by atoms with E-state index in [1.165, 1.54) is 12.1 Å². The van der Waals surface area contributed by atoms with Crippen molar-refractivity contribution in [3.8, 4) is 0 Å². The third-order valence-electron chi connectivity index (χ3n) is 2.90. The first-order valence-electron chi connectivity index (χ1n) is 6.46. The summed E-state index contributed by atoms with van der Waals surface area (Å²) >= 11 is 0. The number of carbonyl (C=O) groups is 2. The van der Waals surface area contributed by atoms with Crippen LogP contribution in [0.15, 0.2) is 29.2 Å². The molecule has 1 aromatic carbocycles. The molecule has 0 fully saturated rings. The van der Waals surface area contributed by atoms with Crippen LogP contribution < -0.4 is 5.32 Å². The largest absolute Gasteiger partial charge is 0.481 e. The fourth-order valence-electron chi connectivity index (χ4n) is 1.81. The van der Waals surface area contributed by atoms with Crippen LogP contribution >= 0.6 is 0 Å². The Morgan fingerprint density at radius 3 is 2.24 bits per heavy atom. The summed E-state index contributed by atoms with van der Waals surface area (Å²) in [6, 6.07) is 6.25. The maximum atomic E-state index is 11.6. The van der Waals surface area contributed by atoms with E-state index in [4.69, 9.17) is 5.11 Å². The lowest BCUT2D eigenvalue weighted by Crippen LogP contribution is -2.25. The average molecular weight is 313 g/mol. The summed E-state index contributed by atoms with van der Waals surface area (Å²) in [6.07, 6.45) is 1.23. The summed E-state index contributed by atoms with van der Waals surface area (Å²) in [5, 5.41) is 11.3. The standard InChI is InChI=1S/C14H19NO5S/c1-10(8-14(17)18)7-13(16)15-9-11-3-5-12(6-4-11)21(2,19)20/h3-6,10H,7-9H2,1-2H3,(H,15,16)(H,17,18). The number of amides is 1. The van der Waals surface area contributed by atoms with Crippen LogP contribution in [0.2, 0.25) is 0 Å². The van der Waals surface area contributed by atoms with E-state index in [2.05, 4.69) is 5.32 Å². The van der Waals surface area contributed by atoms with Crippen molar-refractivity contribution >= 4 is 21.7 Å². The molecule has 1 atom stereocenters. The number of sulfone groups is 1. The quantitative estimate of drug-likeness (QED) is 0.788. The van der Waals surface area contributed by atoms with Gasteiger partial charge in [0.2, 0.25) is 5.91 Å². The fraction of sp³-hybridized carbons (Fsp3) is 0.429. The molecule has 0 aromatic heterocycles. The van der Waals surface area contributed by atoms with Crippen LogP contribution in [0.25, 0.3) is 0 Å². The van der Waals surface area contributed by atoms with Gasteiger partial charge in [-0.25, -0.2) is 8.42 Å². The predicted octanol–water partition coefficient (Wildman–Crippen LogP) is 1.21. The molecule has 1 amide bonds. The van der Waals surface area contributed by atoms with Gasteiger partial charge in [0, 0.05) is 25.6 Å². The van der Waals surface area contributed by atoms with Crippen molar-refractivity contribution in [3.05, 3.63) is 29.8 Å². The van der Waals surface area contributed by atoms with Crippen molar-refractivity contribution in [2.75, 3.05) is 6.26 Å². The Morgan fingerprint density at radius 2 is 1.76 bits per heavy atom. The summed E-state index contributed by atoms with van der Waals surface area (Å²) in [7, 11) is -3.22. The first-order chi connectivity index (χ1) is 9.68. The van der Waals surface area contributed by atoms with Gasteiger partial charge in [-0.3, -0.25) is 9.59 Å². The van der Waals surface area contributed by atoms with E-state index < -0.39 is 15.8 Å². The third kappa shape index (κ3) is 6.40. The van der Waals surface area contributed by atoms with Crippen LogP contribution in [0.4, 0.5) is 0 Å². The number of hydrogen-bond donors (Lipinski definition) is 2. The van der Waals surface area contributed by atoms with Crippen LogP contribution in [0.5, 0.6) is 0 Å². The first kappa shape index (κ1) is 17.2. The third-order valence-corrected chi connectivity index (χ3v) is 4.03. The molecule has 6 nitrogen and oxygen atoms in total. The zero-order valence-electron chi connectivity index (χ0n) is 12.0. The summed E-state index contributed by atoms with van der Waals surface area (Å²) in [6.45, 7) is 1.98. The second kappa shape index (κ2) is 7.21. The average Bonchev–Trinajstić information content (AvgIpc) is 2.34. The van der Waals surface area contributed by atoms with E-state index in [-0.39, 0.29) is 36.1 Å². The van der Waals surface area contributed by atoms with Gasteiger partial charge < -0.3 is 10.4 Å². The van der Waals surface area contributed by atoms with E-state index in [1.54, 1.807) is 19.1 Å². The molecular formula is C14H19NO5S. The maximum Gasteiger partial charge on any atom is 0.303 e. The lowest BCUT2D eigenvalue weighted by Gasteiger charge is -2.09. The highest BCUT2D eigenvalue weighted by molar-refractivity contribution is 7.90. The van der Waals surface area contributed by atoms with E-state index in [1.807, 2.05) is 0 Å². The second-order valence-electron chi connectivity index (χ2n) is 5.10. The molecule has 0 aliphatic rings. The zero-order valence-corrected chi connectivity index (χ0v) is 12.8. The van der Waals surface area contributed by atoms with E-state index in [0.29, 0.717) is 0 Å². The number of carbonyl (C=O) groups excluding carboxylic acids is 1. The van der Waals surface area contributed by atoms with Gasteiger partial charge in [-0.15, -0.1) is 0 Å². The Morgan fingerprint density at radius 1 is 1.19 bits per heavy atom. The van der Waals surface area contributed by atoms with Gasteiger partial charge in [-0.05, 0) is 23.6 Å². The molecule has 1 aromatic rings. The minimum absolute atomic E-state index is 0.0452. The lowest BCUT2D eigenvalue weighted by atomic mass is 10.0. The molecule has 116 valence electrons. The monoisotopic (exact) mass is 313 g/mol. The highest BCUT2D eigenvalue weighted by atomic mass is 32.2. The van der Waals surface area contributed by atoms with Crippen molar-refractivity contribution in [2.24, 2.45) is 5.92 Å². The smallest absolute Gasteiger partial charge is 0.303 e. The Kier molecular flexibility index (Phi) is 5.90. The van der Waals surface area contributed by atoms with Gasteiger partial charge in [0.15, 0.2) is 9.84 Å². The van der Waals surface area contributed by atoms with Gasteiger partial charge >= 0.3 is 5.97 Å². The van der Waals surface area contributed by atoms with Crippen LogP contribution in [0.1, 0.15) is 25.3 Å². The molecule has 0 saturated carbocycles. The molecule has 0 spiro atoms. The Balaban J connectivity index is 2.48. The second-order valence-corrected chi connectivity index (χ2v) is 7.12. The summed E-state index contributed by atoms with van der Waals surface area (Å²) in [5.41, 5.74) is 0.779. The van der Waals surface area contributed by atoms with Gasteiger partial charge in [0.25, 0.3) is 0 Å². The number of benzene rings is 1. The van der Waals surface area contributed by atoms with Gasteiger partial charge in [0.1, 0.15) is 0 Å². The number of nitrogens with one attached hydrogen (secondary N) is 1. The molecule has 0 bridgehead atoms. The molecule has 0 saturated heterocycles. The van der Waals surface area contributed by atoms with E-state index in [9.17, 15) is 18.0 Å². The molecular weight excluding hydrogens is 294 g/mol. The van der Waals surface area contributed by atoms with Gasteiger partial charge in [-0.2, -0.15) is 0 Å². The van der Waals surface area contributed by atoms with Crippen molar-refractivity contribution in [2.45, 2.75) is 31.2 Å². The zero-order chi connectivity index (χ0) is 16.0. The lowest BCUT2D eigenvalue weighted by molar-refractivity contribution is -0.138. The van der Waals surface area contributed by atoms with E-state index in [0.717, 1.165) is 11.8 Å². The van der Waals surface area contributed by atoms with Crippen molar-refractivity contribution in [3.63, 3.8) is 0 Å². The highest BCUT2D eigenvalue weighted by Gasteiger charge is 2.12. The molecule has 0 aliphatic heterocycles. The van der Waals surface area contributed by atoms with Crippen LogP contribution in [-0.2, 0) is 26.0 Å². The molecule has 0 radical (unpaired) electrons. The molecule has 1 rings (SSSR count). The maximum absolute atomic E-state index is 11.6. The summed E-state index contributed by atoms with van der Waals surface area (Å²) in [5.74, 6) is -1.38. The Bertz CT molecular complexity index is 607. The minimum Gasteiger partial charge on any atom is -0.481 e. The normalized spacial score (nSPS) is 12.7. The number of carboxylic acids is 1. The minimum atomic E-state index is -3.22. The molecule has 7 heteroatoms. The highest BCUT2D eigenvalue weighted by Crippen LogP contribution is 2.11. The van der Waals surface area contributed by atoms with Gasteiger partial charge in [-0.1, -0.05) is 19.1 Å². The van der Waals surface area contributed by atoms with Crippen LogP contribution in [0.3, 0.4) is 0 Å².